The number of ketones is 1. The van der Waals surface area contributed by atoms with Crippen molar-refractivity contribution in [2.45, 2.75) is 58.9 Å². The first-order valence-corrected chi connectivity index (χ1v) is 7.64. The van der Waals surface area contributed by atoms with Gasteiger partial charge in [-0.25, -0.2) is 0 Å². The van der Waals surface area contributed by atoms with Crippen LogP contribution >= 0.6 is 11.6 Å². The first-order chi connectivity index (χ1) is 9.57. The zero-order valence-electron chi connectivity index (χ0n) is 12.1. The van der Waals surface area contributed by atoms with Gasteiger partial charge in [0, 0.05) is 19.4 Å². The van der Waals surface area contributed by atoms with Gasteiger partial charge < -0.3 is 0 Å². The second-order valence-electron chi connectivity index (χ2n) is 5.38. The molecule has 1 saturated carbocycles. The molecule has 0 radical (unpaired) electrons. The molecule has 1 aliphatic rings. The van der Waals surface area contributed by atoms with Gasteiger partial charge in [0.15, 0.2) is 5.78 Å². The largest absolute Gasteiger partial charge is 0.298 e. The molecule has 1 fully saturated rings. The van der Waals surface area contributed by atoms with E-state index in [4.69, 9.17) is 11.6 Å². The third-order valence-electron chi connectivity index (χ3n) is 4.17. The van der Waals surface area contributed by atoms with Crippen LogP contribution in [0.25, 0.3) is 0 Å². The number of aryl methyl sites for hydroxylation is 2. The second-order valence-corrected chi connectivity index (χ2v) is 5.76. The highest BCUT2D eigenvalue weighted by atomic mass is 35.5. The van der Waals surface area contributed by atoms with E-state index in [0.717, 1.165) is 30.7 Å². The zero-order valence-corrected chi connectivity index (χ0v) is 12.8. The first-order valence-electron chi connectivity index (χ1n) is 7.26. The van der Waals surface area contributed by atoms with Crippen molar-refractivity contribution in [3.05, 3.63) is 16.4 Å². The Morgan fingerprint density at radius 1 is 1.45 bits per heavy atom. The molecule has 20 heavy (non-hydrogen) atoms. The predicted octanol–water partition coefficient (Wildman–Crippen LogP) is 3.31. The molecular weight excluding hydrogens is 274 g/mol. The zero-order chi connectivity index (χ0) is 14.8. The molecule has 1 aromatic heterocycles. The summed E-state index contributed by atoms with van der Waals surface area (Å²) in [6.45, 7) is 4.70. The molecule has 1 heterocycles. The number of halogens is 1. The molecular formula is C15H20ClN3O. The van der Waals surface area contributed by atoms with Gasteiger partial charge in [-0.05, 0) is 26.2 Å². The van der Waals surface area contributed by atoms with E-state index in [-0.39, 0.29) is 5.78 Å². The molecule has 0 saturated heterocycles. The van der Waals surface area contributed by atoms with Gasteiger partial charge in [0.1, 0.15) is 5.41 Å². The van der Waals surface area contributed by atoms with E-state index in [1.54, 1.807) is 0 Å². The Kier molecular flexibility index (Phi) is 4.49. The average molecular weight is 294 g/mol. The third-order valence-corrected chi connectivity index (χ3v) is 4.60. The Balaban J connectivity index is 2.39. The second kappa shape index (κ2) is 5.97. The molecule has 108 valence electrons. The minimum Gasteiger partial charge on any atom is -0.298 e. The Labute approximate surface area is 124 Å². The molecule has 4 nitrogen and oxygen atoms in total. The van der Waals surface area contributed by atoms with Crippen LogP contribution in [0.15, 0.2) is 0 Å². The fourth-order valence-corrected chi connectivity index (χ4v) is 3.24. The SMILES string of the molecule is CCc1nn(CC)c(CC2(C#N)CCCCC2=O)c1Cl. The van der Waals surface area contributed by atoms with E-state index in [1.807, 2.05) is 18.5 Å². The van der Waals surface area contributed by atoms with Crippen molar-refractivity contribution in [2.75, 3.05) is 0 Å². The maximum atomic E-state index is 12.2. The van der Waals surface area contributed by atoms with Crippen LogP contribution in [0.1, 0.15) is 50.9 Å². The summed E-state index contributed by atoms with van der Waals surface area (Å²) in [7, 11) is 0. The summed E-state index contributed by atoms with van der Waals surface area (Å²) in [5.74, 6) is 0.0595. The quantitative estimate of drug-likeness (QED) is 0.855. The Hall–Kier alpha value is -1.34. The summed E-state index contributed by atoms with van der Waals surface area (Å²) in [5, 5.41) is 14.6. The summed E-state index contributed by atoms with van der Waals surface area (Å²) < 4.78 is 1.84. The molecule has 1 unspecified atom stereocenters. The van der Waals surface area contributed by atoms with E-state index in [2.05, 4.69) is 11.2 Å². The van der Waals surface area contributed by atoms with Crippen molar-refractivity contribution >= 4 is 17.4 Å². The molecule has 1 aliphatic carbocycles. The van der Waals surface area contributed by atoms with Crippen LogP contribution in [0.3, 0.4) is 0 Å². The molecule has 2 rings (SSSR count). The molecule has 1 aromatic rings. The molecule has 0 N–H and O–H groups in total. The van der Waals surface area contributed by atoms with E-state index < -0.39 is 5.41 Å². The maximum Gasteiger partial charge on any atom is 0.153 e. The molecule has 1 atom stereocenters. The minimum atomic E-state index is -0.903. The number of hydrogen-bond donors (Lipinski definition) is 0. The lowest BCUT2D eigenvalue weighted by atomic mass is 9.71. The first kappa shape index (κ1) is 15.1. The van der Waals surface area contributed by atoms with Gasteiger partial charge >= 0.3 is 0 Å². The number of rotatable bonds is 4. The summed E-state index contributed by atoms with van der Waals surface area (Å²) >= 11 is 6.39. The summed E-state index contributed by atoms with van der Waals surface area (Å²) in [5.41, 5.74) is 0.780. The van der Waals surface area contributed by atoms with Crippen LogP contribution in [0.2, 0.25) is 5.02 Å². The van der Waals surface area contributed by atoms with Gasteiger partial charge in [0.2, 0.25) is 0 Å². The molecule has 0 spiro atoms. The highest BCUT2D eigenvalue weighted by Gasteiger charge is 2.41. The Morgan fingerprint density at radius 3 is 2.75 bits per heavy atom. The lowest BCUT2D eigenvalue weighted by Crippen LogP contribution is -2.35. The van der Waals surface area contributed by atoms with Crippen LogP contribution < -0.4 is 0 Å². The summed E-state index contributed by atoms with van der Waals surface area (Å²) in [6.07, 6.45) is 4.11. The maximum absolute atomic E-state index is 12.2. The van der Waals surface area contributed by atoms with Crippen molar-refractivity contribution in [1.82, 2.24) is 9.78 Å². The molecule has 0 aliphatic heterocycles. The normalized spacial score (nSPS) is 22.8. The van der Waals surface area contributed by atoms with E-state index in [1.165, 1.54) is 0 Å². The fraction of sp³-hybridized carbons (Fsp3) is 0.667. The number of hydrogen-bond acceptors (Lipinski definition) is 3. The van der Waals surface area contributed by atoms with Crippen molar-refractivity contribution in [2.24, 2.45) is 5.41 Å². The van der Waals surface area contributed by atoms with Crippen molar-refractivity contribution < 1.29 is 4.79 Å². The highest BCUT2D eigenvalue weighted by molar-refractivity contribution is 6.32. The van der Waals surface area contributed by atoms with Crippen molar-refractivity contribution in [1.29, 1.82) is 5.26 Å². The Bertz CT molecular complexity index is 558. The van der Waals surface area contributed by atoms with Gasteiger partial charge in [-0.3, -0.25) is 9.48 Å². The number of nitrogens with zero attached hydrogens (tertiary/aromatic N) is 3. The standard InChI is InChI=1S/C15H20ClN3O/c1-3-11-14(16)12(19(4-2)18-11)9-15(10-17)8-6-5-7-13(15)20/h3-9H2,1-2H3. The number of nitriles is 1. The highest BCUT2D eigenvalue weighted by Crippen LogP contribution is 2.38. The lowest BCUT2D eigenvalue weighted by molar-refractivity contribution is -0.128. The van der Waals surface area contributed by atoms with Crippen LogP contribution in [-0.4, -0.2) is 15.6 Å². The number of carbonyl (C=O) groups excluding carboxylic acids is 1. The molecule has 0 aromatic carbocycles. The van der Waals surface area contributed by atoms with Gasteiger partial charge in [-0.15, -0.1) is 0 Å². The van der Waals surface area contributed by atoms with E-state index in [0.29, 0.717) is 30.8 Å². The number of Topliss-reactive ketones (excluding diaryl/α,β-unsaturated/α-hetero) is 1. The van der Waals surface area contributed by atoms with Crippen LogP contribution in [-0.2, 0) is 24.2 Å². The summed E-state index contributed by atoms with van der Waals surface area (Å²) in [6, 6.07) is 2.27. The van der Waals surface area contributed by atoms with Crippen LogP contribution in [0.5, 0.6) is 0 Å². The number of carbonyl (C=O) groups is 1. The molecule has 5 heteroatoms. The van der Waals surface area contributed by atoms with Crippen LogP contribution in [0.4, 0.5) is 0 Å². The third kappa shape index (κ3) is 2.47. The minimum absolute atomic E-state index is 0.0595. The fourth-order valence-electron chi connectivity index (χ4n) is 2.91. The van der Waals surface area contributed by atoms with Gasteiger partial charge in [-0.2, -0.15) is 10.4 Å². The van der Waals surface area contributed by atoms with E-state index >= 15 is 0 Å². The molecule has 0 bridgehead atoms. The topological polar surface area (TPSA) is 58.7 Å². The lowest BCUT2D eigenvalue weighted by Gasteiger charge is -2.29. The van der Waals surface area contributed by atoms with Gasteiger partial charge in [0.05, 0.1) is 22.5 Å². The Morgan fingerprint density at radius 2 is 2.20 bits per heavy atom. The van der Waals surface area contributed by atoms with Crippen LogP contribution in [0, 0.1) is 16.7 Å². The van der Waals surface area contributed by atoms with Crippen molar-refractivity contribution in [3.8, 4) is 6.07 Å². The summed E-state index contributed by atoms with van der Waals surface area (Å²) in [4.78, 5) is 12.2. The van der Waals surface area contributed by atoms with E-state index in [9.17, 15) is 10.1 Å². The van der Waals surface area contributed by atoms with Crippen molar-refractivity contribution in [3.63, 3.8) is 0 Å². The number of aromatic nitrogens is 2. The monoisotopic (exact) mass is 293 g/mol. The predicted molar refractivity (Wildman–Crippen MR) is 77.5 cm³/mol. The average Bonchev–Trinajstić information content (AvgIpc) is 2.77. The van der Waals surface area contributed by atoms with Gasteiger partial charge in [0.25, 0.3) is 0 Å². The molecule has 0 amide bonds. The smallest absolute Gasteiger partial charge is 0.153 e. The van der Waals surface area contributed by atoms with Gasteiger partial charge in [-0.1, -0.05) is 24.9 Å².